The third-order valence-electron chi connectivity index (χ3n) is 6.96. The molecule has 2 fully saturated rings. The fraction of sp³-hybridized carbons (Fsp3) is 0.583. The first-order valence-electron chi connectivity index (χ1n) is 11.4. The second-order valence-electron chi connectivity index (χ2n) is 8.90. The minimum Gasteiger partial charge on any atom is -0.357 e. The summed E-state index contributed by atoms with van der Waals surface area (Å²) >= 11 is 0. The topological polar surface area (TPSA) is 77.2 Å². The first-order chi connectivity index (χ1) is 14.6. The highest BCUT2D eigenvalue weighted by molar-refractivity contribution is 5.90. The van der Waals surface area contributed by atoms with E-state index in [9.17, 15) is 9.59 Å². The van der Waals surface area contributed by atoms with Crippen LogP contribution in [-0.4, -0.2) is 47.4 Å². The molecule has 30 heavy (non-hydrogen) atoms. The third kappa shape index (κ3) is 4.24. The highest BCUT2D eigenvalue weighted by Crippen LogP contribution is 2.35. The zero-order valence-electron chi connectivity index (χ0n) is 18.1. The van der Waals surface area contributed by atoms with Crippen molar-refractivity contribution in [3.63, 3.8) is 0 Å². The van der Waals surface area contributed by atoms with Gasteiger partial charge in [0.15, 0.2) is 0 Å². The Hall–Kier alpha value is -2.34. The van der Waals surface area contributed by atoms with E-state index < -0.39 is 6.04 Å². The van der Waals surface area contributed by atoms with E-state index in [0.717, 1.165) is 56.3 Å². The number of fused-ring (bicyclic) bond motifs is 1. The molecule has 1 saturated heterocycles. The van der Waals surface area contributed by atoms with E-state index >= 15 is 0 Å². The van der Waals surface area contributed by atoms with Crippen molar-refractivity contribution in [3.8, 4) is 0 Å². The van der Waals surface area contributed by atoms with Crippen LogP contribution in [0.4, 0.5) is 0 Å². The van der Waals surface area contributed by atoms with Crippen molar-refractivity contribution in [1.29, 1.82) is 0 Å². The molecule has 1 aliphatic heterocycles. The Kier molecular flexibility index (Phi) is 6.42. The van der Waals surface area contributed by atoms with E-state index in [1.165, 1.54) is 11.8 Å². The van der Waals surface area contributed by atoms with Crippen LogP contribution in [0.2, 0.25) is 0 Å². The van der Waals surface area contributed by atoms with Crippen LogP contribution in [0, 0.1) is 5.92 Å². The van der Waals surface area contributed by atoms with E-state index in [0.29, 0.717) is 0 Å². The number of para-hydroxylation sites is 1. The van der Waals surface area contributed by atoms with Gasteiger partial charge in [0.25, 0.3) is 0 Å². The summed E-state index contributed by atoms with van der Waals surface area (Å²) < 4.78 is 0. The lowest BCUT2D eigenvalue weighted by Gasteiger charge is -2.35. The number of hydrogen-bond acceptors (Lipinski definition) is 3. The highest BCUT2D eigenvalue weighted by Gasteiger charge is 2.39. The summed E-state index contributed by atoms with van der Waals surface area (Å²) in [5.41, 5.74) is 2.20. The molecule has 3 unspecified atom stereocenters. The van der Waals surface area contributed by atoms with Crippen molar-refractivity contribution in [1.82, 2.24) is 20.5 Å². The van der Waals surface area contributed by atoms with Crippen molar-refractivity contribution in [2.45, 2.75) is 70.0 Å². The Morgan fingerprint density at radius 1 is 1.10 bits per heavy atom. The van der Waals surface area contributed by atoms with E-state index in [2.05, 4.69) is 33.8 Å². The van der Waals surface area contributed by atoms with Crippen LogP contribution < -0.4 is 10.6 Å². The number of H-pyrrole nitrogens is 1. The second kappa shape index (κ2) is 9.21. The van der Waals surface area contributed by atoms with E-state index in [1.807, 2.05) is 24.0 Å². The number of likely N-dealkylation sites (N-methyl/N-ethyl adjacent to an activating group) is 1. The summed E-state index contributed by atoms with van der Waals surface area (Å²) in [6.07, 6.45) is 7.46. The Morgan fingerprint density at radius 2 is 1.87 bits per heavy atom. The summed E-state index contributed by atoms with van der Waals surface area (Å²) in [6.45, 7) is 2.58. The number of rotatable bonds is 6. The lowest BCUT2D eigenvalue weighted by Crippen LogP contribution is -2.55. The number of carbonyl (C=O) groups excluding carboxylic acids is 2. The molecule has 2 amide bonds. The van der Waals surface area contributed by atoms with Crippen LogP contribution in [0.1, 0.15) is 63.6 Å². The largest absolute Gasteiger partial charge is 0.357 e. The third-order valence-corrected chi connectivity index (χ3v) is 6.96. The van der Waals surface area contributed by atoms with E-state index in [4.69, 9.17) is 0 Å². The van der Waals surface area contributed by atoms with Crippen LogP contribution in [0.3, 0.4) is 0 Å². The average Bonchev–Trinajstić information content (AvgIpc) is 3.43. The minimum atomic E-state index is -0.432. The summed E-state index contributed by atoms with van der Waals surface area (Å²) in [6, 6.07) is 9.71. The summed E-state index contributed by atoms with van der Waals surface area (Å²) in [5, 5.41) is 7.27. The molecule has 2 aromatic rings. The number of nitrogens with one attached hydrogen (secondary N) is 3. The maximum atomic E-state index is 13.8. The predicted octanol–water partition coefficient (Wildman–Crippen LogP) is 3.50. The van der Waals surface area contributed by atoms with Crippen LogP contribution in [0.15, 0.2) is 30.3 Å². The molecule has 2 aliphatic rings. The number of hydrogen-bond donors (Lipinski definition) is 3. The minimum absolute atomic E-state index is 0.0506. The number of carbonyl (C=O) groups is 2. The molecule has 1 aliphatic carbocycles. The summed E-state index contributed by atoms with van der Waals surface area (Å²) in [4.78, 5) is 32.0. The average molecular weight is 411 g/mol. The first kappa shape index (κ1) is 20.9. The van der Waals surface area contributed by atoms with Crippen molar-refractivity contribution < 1.29 is 9.59 Å². The number of nitrogens with zero attached hydrogens (tertiary/aromatic N) is 1. The van der Waals surface area contributed by atoms with Gasteiger partial charge in [-0.25, -0.2) is 0 Å². The first-order valence-corrected chi connectivity index (χ1v) is 11.4. The van der Waals surface area contributed by atoms with Crippen molar-refractivity contribution in [2.24, 2.45) is 5.92 Å². The number of likely N-dealkylation sites (tertiary alicyclic amines) is 1. The molecule has 1 saturated carbocycles. The zero-order valence-corrected chi connectivity index (χ0v) is 18.1. The molecule has 1 aromatic heterocycles. The van der Waals surface area contributed by atoms with Gasteiger partial charge in [-0.2, -0.15) is 0 Å². The van der Waals surface area contributed by atoms with Crippen molar-refractivity contribution >= 4 is 22.7 Å². The van der Waals surface area contributed by atoms with Gasteiger partial charge in [0, 0.05) is 17.8 Å². The number of aromatic nitrogens is 1. The molecular formula is C24H34N4O2. The van der Waals surface area contributed by atoms with Gasteiger partial charge in [-0.1, -0.05) is 37.5 Å². The molecule has 0 bridgehead atoms. The van der Waals surface area contributed by atoms with Gasteiger partial charge in [-0.3, -0.25) is 9.59 Å². The molecule has 2 heterocycles. The molecule has 6 heteroatoms. The molecule has 3 N–H and O–H groups in total. The summed E-state index contributed by atoms with van der Waals surface area (Å²) in [7, 11) is 1.77. The quantitative estimate of drug-likeness (QED) is 0.682. The van der Waals surface area contributed by atoms with Gasteiger partial charge in [-0.05, 0) is 63.1 Å². The fourth-order valence-electron chi connectivity index (χ4n) is 5.07. The van der Waals surface area contributed by atoms with Gasteiger partial charge in [-0.15, -0.1) is 0 Å². The Labute approximate surface area is 178 Å². The molecule has 0 radical (unpaired) electrons. The zero-order chi connectivity index (χ0) is 21.1. The lowest BCUT2D eigenvalue weighted by molar-refractivity contribution is -0.139. The maximum absolute atomic E-state index is 13.8. The Bertz CT molecular complexity index is 853. The summed E-state index contributed by atoms with van der Waals surface area (Å²) in [5.74, 6) is 0.214. The molecule has 4 rings (SSSR count). The standard InChI is InChI=1S/C24H34N4O2/c1-16(25-2)23(29)27-22(17-9-4-3-5-10-17)24(30)28-14-8-13-21(28)20-15-18-11-6-7-12-19(18)26-20/h6-7,11-12,15-17,21-22,25-26H,3-5,8-10,13-14H2,1-2H3,(H,27,29). The van der Waals surface area contributed by atoms with Crippen LogP contribution in [0.25, 0.3) is 10.9 Å². The lowest BCUT2D eigenvalue weighted by atomic mass is 9.83. The number of benzene rings is 1. The van der Waals surface area contributed by atoms with Crippen LogP contribution in [0.5, 0.6) is 0 Å². The molecule has 0 spiro atoms. The smallest absolute Gasteiger partial charge is 0.246 e. The van der Waals surface area contributed by atoms with Gasteiger partial charge in [0.05, 0.1) is 12.1 Å². The molecule has 1 aromatic carbocycles. The van der Waals surface area contributed by atoms with Gasteiger partial charge in [0.2, 0.25) is 11.8 Å². The fourth-order valence-corrected chi connectivity index (χ4v) is 5.07. The van der Waals surface area contributed by atoms with Gasteiger partial charge >= 0.3 is 0 Å². The highest BCUT2D eigenvalue weighted by atomic mass is 16.2. The predicted molar refractivity (Wildman–Crippen MR) is 119 cm³/mol. The normalized spacial score (nSPS) is 22.2. The van der Waals surface area contributed by atoms with E-state index in [1.54, 1.807) is 7.05 Å². The maximum Gasteiger partial charge on any atom is 0.246 e. The molecule has 3 atom stereocenters. The Morgan fingerprint density at radius 3 is 2.60 bits per heavy atom. The molecule has 162 valence electrons. The van der Waals surface area contributed by atoms with Crippen LogP contribution in [-0.2, 0) is 9.59 Å². The molecule has 6 nitrogen and oxygen atoms in total. The van der Waals surface area contributed by atoms with Crippen molar-refractivity contribution in [2.75, 3.05) is 13.6 Å². The number of amides is 2. The monoisotopic (exact) mass is 410 g/mol. The SMILES string of the molecule is CNC(C)C(=O)NC(C(=O)N1CCCC1c1cc2ccccc2[nH]1)C1CCCCC1. The van der Waals surface area contributed by atoms with Gasteiger partial charge in [0.1, 0.15) is 6.04 Å². The van der Waals surface area contributed by atoms with Crippen LogP contribution >= 0.6 is 0 Å². The van der Waals surface area contributed by atoms with E-state index in [-0.39, 0.29) is 29.8 Å². The Balaban J connectivity index is 1.57. The number of aromatic amines is 1. The van der Waals surface area contributed by atoms with Gasteiger partial charge < -0.3 is 20.5 Å². The molecular weight excluding hydrogens is 376 g/mol. The second-order valence-corrected chi connectivity index (χ2v) is 8.90. The van der Waals surface area contributed by atoms with Crippen molar-refractivity contribution in [3.05, 3.63) is 36.0 Å².